The molecule has 0 heterocycles. The van der Waals surface area contributed by atoms with Crippen LogP contribution >= 0.6 is 0 Å². The minimum atomic E-state index is 0.245. The van der Waals surface area contributed by atoms with Gasteiger partial charge in [-0.25, -0.2) is 0 Å². The van der Waals surface area contributed by atoms with Crippen molar-refractivity contribution in [1.82, 2.24) is 0 Å². The van der Waals surface area contributed by atoms with E-state index in [2.05, 4.69) is 38.1 Å². The van der Waals surface area contributed by atoms with Gasteiger partial charge in [-0.3, -0.25) is 0 Å². The molecule has 0 spiro atoms. The summed E-state index contributed by atoms with van der Waals surface area (Å²) in [5.41, 5.74) is 10.7. The molecule has 0 aliphatic heterocycles. The Bertz CT molecular complexity index is 533. The lowest BCUT2D eigenvalue weighted by molar-refractivity contribution is -0.113. The Balaban J connectivity index is 1.68. The second-order valence-corrected chi connectivity index (χ2v) is 8.71. The summed E-state index contributed by atoms with van der Waals surface area (Å²) in [5, 5.41) is 0. The normalized spacial score (nSPS) is 42.2. The Morgan fingerprint density at radius 3 is 2.52 bits per heavy atom. The molecule has 4 bridgehead atoms. The van der Waals surface area contributed by atoms with Crippen molar-refractivity contribution in [2.75, 3.05) is 0 Å². The molecule has 1 nitrogen and oxygen atoms in total. The SMILES string of the molecule is CCc1cccc(C(N)C23CC4CC(CC(C)(C4)C2)C3)c1. The number of hydrogen-bond donors (Lipinski definition) is 1. The van der Waals surface area contributed by atoms with E-state index in [0.717, 1.165) is 18.3 Å². The number of hydrogen-bond acceptors (Lipinski definition) is 1. The van der Waals surface area contributed by atoms with Crippen molar-refractivity contribution in [3.8, 4) is 0 Å². The summed E-state index contributed by atoms with van der Waals surface area (Å²) >= 11 is 0. The molecule has 5 rings (SSSR count). The first-order chi connectivity index (χ1) is 10.0. The summed E-state index contributed by atoms with van der Waals surface area (Å²) in [6, 6.07) is 9.32. The standard InChI is InChI=1S/C20H29N/c1-3-14-5-4-6-17(8-14)18(21)20-11-15-7-16(12-20)10-19(2,9-15)13-20/h4-6,8,15-16,18H,3,7,9-13,21H2,1-2H3. The van der Waals surface area contributed by atoms with Crippen LogP contribution in [0.3, 0.4) is 0 Å². The van der Waals surface area contributed by atoms with Gasteiger partial charge in [-0.1, -0.05) is 38.1 Å². The summed E-state index contributed by atoms with van der Waals surface area (Å²) in [4.78, 5) is 0. The Morgan fingerprint density at radius 1 is 1.19 bits per heavy atom. The second-order valence-electron chi connectivity index (χ2n) is 8.71. The molecule has 1 heteroatoms. The molecule has 4 fully saturated rings. The first kappa shape index (κ1) is 13.8. The maximum atomic E-state index is 6.88. The lowest BCUT2D eigenvalue weighted by Crippen LogP contribution is -2.54. The van der Waals surface area contributed by atoms with Gasteiger partial charge in [0.05, 0.1) is 0 Å². The molecule has 0 radical (unpaired) electrons. The van der Waals surface area contributed by atoms with Gasteiger partial charge in [0.1, 0.15) is 0 Å². The van der Waals surface area contributed by atoms with Crippen molar-refractivity contribution < 1.29 is 0 Å². The van der Waals surface area contributed by atoms with Gasteiger partial charge in [0.15, 0.2) is 0 Å². The van der Waals surface area contributed by atoms with Gasteiger partial charge in [-0.2, -0.15) is 0 Å². The predicted octanol–water partition coefficient (Wildman–Crippen LogP) is 4.86. The molecule has 1 aromatic carbocycles. The van der Waals surface area contributed by atoms with Gasteiger partial charge in [0.25, 0.3) is 0 Å². The number of benzene rings is 1. The summed E-state index contributed by atoms with van der Waals surface area (Å²) in [7, 11) is 0. The van der Waals surface area contributed by atoms with E-state index in [4.69, 9.17) is 5.73 Å². The zero-order valence-electron chi connectivity index (χ0n) is 13.6. The largest absolute Gasteiger partial charge is 0.323 e. The molecule has 2 N–H and O–H groups in total. The predicted molar refractivity (Wildman–Crippen MR) is 88.0 cm³/mol. The van der Waals surface area contributed by atoms with Crippen molar-refractivity contribution in [3.63, 3.8) is 0 Å². The fourth-order valence-electron chi connectivity index (χ4n) is 6.52. The molecule has 3 atom stereocenters. The highest BCUT2D eigenvalue weighted by molar-refractivity contribution is 5.28. The highest BCUT2D eigenvalue weighted by atomic mass is 14.8. The molecule has 4 aliphatic rings. The van der Waals surface area contributed by atoms with Crippen LogP contribution in [0.2, 0.25) is 0 Å². The molecule has 21 heavy (non-hydrogen) atoms. The third-order valence-corrected chi connectivity index (χ3v) is 6.78. The van der Waals surface area contributed by atoms with E-state index in [1.165, 1.54) is 49.7 Å². The van der Waals surface area contributed by atoms with E-state index >= 15 is 0 Å². The van der Waals surface area contributed by atoms with Gasteiger partial charge in [0, 0.05) is 6.04 Å². The number of rotatable bonds is 3. The van der Waals surface area contributed by atoms with E-state index in [9.17, 15) is 0 Å². The van der Waals surface area contributed by atoms with Crippen LogP contribution in [0.1, 0.15) is 69.5 Å². The summed E-state index contributed by atoms with van der Waals surface area (Å²) < 4.78 is 0. The molecule has 0 saturated heterocycles. The van der Waals surface area contributed by atoms with E-state index in [0.29, 0.717) is 10.8 Å². The fourth-order valence-corrected chi connectivity index (χ4v) is 6.52. The average molecular weight is 283 g/mol. The third-order valence-electron chi connectivity index (χ3n) is 6.78. The maximum absolute atomic E-state index is 6.88. The van der Waals surface area contributed by atoms with Gasteiger partial charge < -0.3 is 5.73 Å². The Morgan fingerprint density at radius 2 is 1.90 bits per heavy atom. The molecular weight excluding hydrogens is 254 g/mol. The van der Waals surface area contributed by atoms with Crippen LogP contribution in [0, 0.1) is 22.7 Å². The smallest absolute Gasteiger partial charge is 0.0352 e. The van der Waals surface area contributed by atoms with Gasteiger partial charge >= 0.3 is 0 Å². The molecular formula is C20H29N. The molecule has 0 amide bonds. The van der Waals surface area contributed by atoms with Crippen LogP contribution < -0.4 is 5.73 Å². The summed E-state index contributed by atoms with van der Waals surface area (Å²) in [6.07, 6.45) is 9.66. The van der Waals surface area contributed by atoms with Crippen LogP contribution in [0.25, 0.3) is 0 Å². The fraction of sp³-hybridized carbons (Fsp3) is 0.700. The van der Waals surface area contributed by atoms with Crippen LogP contribution in [0.5, 0.6) is 0 Å². The van der Waals surface area contributed by atoms with E-state index in [1.54, 1.807) is 0 Å². The highest BCUT2D eigenvalue weighted by Gasteiger charge is 2.57. The molecule has 4 saturated carbocycles. The molecule has 4 aliphatic carbocycles. The number of nitrogens with two attached hydrogens (primary N) is 1. The topological polar surface area (TPSA) is 26.0 Å². The van der Waals surface area contributed by atoms with E-state index in [1.807, 2.05) is 0 Å². The zero-order valence-corrected chi connectivity index (χ0v) is 13.6. The Labute approximate surface area is 129 Å². The highest BCUT2D eigenvalue weighted by Crippen LogP contribution is 2.67. The molecule has 3 unspecified atom stereocenters. The molecule has 0 aromatic heterocycles. The molecule has 1 aromatic rings. The zero-order chi connectivity index (χ0) is 14.7. The van der Waals surface area contributed by atoms with Crippen LogP contribution in [-0.2, 0) is 6.42 Å². The number of aryl methyl sites for hydroxylation is 1. The van der Waals surface area contributed by atoms with Crippen LogP contribution in [0.4, 0.5) is 0 Å². The first-order valence-corrected chi connectivity index (χ1v) is 8.86. The lowest BCUT2D eigenvalue weighted by Gasteiger charge is -2.63. The quantitative estimate of drug-likeness (QED) is 0.842. The van der Waals surface area contributed by atoms with Crippen molar-refractivity contribution in [2.24, 2.45) is 28.4 Å². The summed E-state index contributed by atoms with van der Waals surface area (Å²) in [6.45, 7) is 4.77. The average Bonchev–Trinajstić information content (AvgIpc) is 2.44. The van der Waals surface area contributed by atoms with Gasteiger partial charge in [0.2, 0.25) is 0 Å². The third kappa shape index (κ3) is 2.16. The minimum Gasteiger partial charge on any atom is -0.323 e. The second kappa shape index (κ2) is 4.59. The van der Waals surface area contributed by atoms with Crippen molar-refractivity contribution in [2.45, 2.75) is 64.8 Å². The molecule has 114 valence electrons. The Kier molecular flexibility index (Phi) is 3.02. The first-order valence-electron chi connectivity index (χ1n) is 8.86. The Hall–Kier alpha value is -0.820. The van der Waals surface area contributed by atoms with Crippen LogP contribution in [0.15, 0.2) is 24.3 Å². The monoisotopic (exact) mass is 283 g/mol. The van der Waals surface area contributed by atoms with Crippen molar-refractivity contribution in [1.29, 1.82) is 0 Å². The van der Waals surface area contributed by atoms with E-state index in [-0.39, 0.29) is 6.04 Å². The van der Waals surface area contributed by atoms with E-state index < -0.39 is 0 Å². The van der Waals surface area contributed by atoms with Gasteiger partial charge in [-0.05, 0) is 78.7 Å². The van der Waals surface area contributed by atoms with Crippen molar-refractivity contribution in [3.05, 3.63) is 35.4 Å². The lowest BCUT2D eigenvalue weighted by atomic mass is 9.43. The maximum Gasteiger partial charge on any atom is 0.0352 e. The van der Waals surface area contributed by atoms with Crippen LogP contribution in [-0.4, -0.2) is 0 Å². The van der Waals surface area contributed by atoms with Crippen molar-refractivity contribution >= 4 is 0 Å². The summed E-state index contributed by atoms with van der Waals surface area (Å²) in [5.74, 6) is 1.91. The van der Waals surface area contributed by atoms with Gasteiger partial charge in [-0.15, -0.1) is 0 Å². The minimum absolute atomic E-state index is 0.245.